The van der Waals surface area contributed by atoms with Crippen molar-refractivity contribution >= 4 is 29.1 Å². The highest BCUT2D eigenvalue weighted by atomic mass is 35.5. The van der Waals surface area contributed by atoms with Crippen molar-refractivity contribution in [1.82, 2.24) is 15.0 Å². The van der Waals surface area contributed by atoms with Gasteiger partial charge in [0.25, 0.3) is 0 Å². The van der Waals surface area contributed by atoms with Gasteiger partial charge in [0, 0.05) is 22.7 Å². The van der Waals surface area contributed by atoms with E-state index in [1.165, 1.54) is 0 Å². The Kier molecular flexibility index (Phi) is 5.36. The first-order valence-electron chi connectivity index (χ1n) is 7.58. The van der Waals surface area contributed by atoms with E-state index in [1.54, 1.807) is 36.2 Å². The Morgan fingerprint density at radius 2 is 1.88 bits per heavy atom. The maximum atomic E-state index is 12.3. The van der Waals surface area contributed by atoms with Crippen LogP contribution in [0.1, 0.15) is 11.5 Å². The Morgan fingerprint density at radius 3 is 2.60 bits per heavy atom. The van der Waals surface area contributed by atoms with Crippen molar-refractivity contribution in [3.05, 3.63) is 70.0 Å². The van der Waals surface area contributed by atoms with Crippen molar-refractivity contribution in [2.75, 3.05) is 7.05 Å². The molecule has 0 atom stereocenters. The summed E-state index contributed by atoms with van der Waals surface area (Å²) < 4.78 is 5.23. The third-order valence-corrected chi connectivity index (χ3v) is 4.10. The van der Waals surface area contributed by atoms with Gasteiger partial charge in [-0.3, -0.25) is 4.79 Å². The molecular formula is C18H15Cl2N3O2. The Bertz CT molecular complexity index is 878. The Labute approximate surface area is 155 Å². The topological polar surface area (TPSA) is 59.2 Å². The van der Waals surface area contributed by atoms with Crippen LogP contribution in [0, 0.1) is 0 Å². The van der Waals surface area contributed by atoms with Gasteiger partial charge in [-0.2, -0.15) is 4.98 Å². The molecular weight excluding hydrogens is 361 g/mol. The summed E-state index contributed by atoms with van der Waals surface area (Å²) in [7, 11) is 1.69. The quantitative estimate of drug-likeness (QED) is 0.668. The summed E-state index contributed by atoms with van der Waals surface area (Å²) in [5.74, 6) is 0.766. The number of likely N-dealkylation sites (N-methyl/N-ethyl adjacent to an activating group) is 1. The van der Waals surface area contributed by atoms with E-state index < -0.39 is 0 Å². The lowest BCUT2D eigenvalue weighted by molar-refractivity contribution is -0.130. The van der Waals surface area contributed by atoms with E-state index in [-0.39, 0.29) is 18.9 Å². The molecule has 0 fully saturated rings. The van der Waals surface area contributed by atoms with Crippen LogP contribution in [0.25, 0.3) is 11.4 Å². The number of amides is 1. The maximum absolute atomic E-state index is 12.3. The van der Waals surface area contributed by atoms with Crippen molar-refractivity contribution in [2.24, 2.45) is 0 Å². The molecule has 0 radical (unpaired) electrons. The van der Waals surface area contributed by atoms with Crippen LogP contribution >= 0.6 is 23.2 Å². The highest BCUT2D eigenvalue weighted by Crippen LogP contribution is 2.19. The summed E-state index contributed by atoms with van der Waals surface area (Å²) in [6.45, 7) is 0.236. The molecule has 2 aromatic carbocycles. The van der Waals surface area contributed by atoms with Crippen molar-refractivity contribution in [3.8, 4) is 11.4 Å². The number of rotatable bonds is 5. The van der Waals surface area contributed by atoms with Crippen molar-refractivity contribution in [1.29, 1.82) is 0 Å². The van der Waals surface area contributed by atoms with Gasteiger partial charge in [-0.25, -0.2) is 0 Å². The number of carbonyl (C=O) groups excluding carboxylic acids is 1. The minimum Gasteiger partial charge on any atom is -0.337 e. The van der Waals surface area contributed by atoms with Crippen LogP contribution in [-0.4, -0.2) is 28.0 Å². The molecule has 0 aliphatic carbocycles. The Hall–Kier alpha value is -2.37. The first kappa shape index (κ1) is 17.5. The standard InChI is InChI=1S/C18H15Cl2N3O2/c1-23(17(24)10-12-3-2-4-15(20)9-12)11-16-21-18(22-25-16)13-5-7-14(19)8-6-13/h2-9H,10-11H2,1H3. The first-order chi connectivity index (χ1) is 12.0. The van der Waals surface area contributed by atoms with Gasteiger partial charge in [0.1, 0.15) is 0 Å². The van der Waals surface area contributed by atoms with Gasteiger partial charge in [0.2, 0.25) is 17.6 Å². The molecule has 0 aliphatic heterocycles. The lowest BCUT2D eigenvalue weighted by atomic mass is 10.1. The molecule has 3 aromatic rings. The zero-order valence-electron chi connectivity index (χ0n) is 13.4. The van der Waals surface area contributed by atoms with E-state index in [1.807, 2.05) is 24.3 Å². The summed E-state index contributed by atoms with van der Waals surface area (Å²) in [6, 6.07) is 14.4. The molecule has 0 saturated carbocycles. The lowest BCUT2D eigenvalue weighted by Crippen LogP contribution is -2.27. The number of benzene rings is 2. The SMILES string of the molecule is CN(Cc1nc(-c2ccc(Cl)cc2)no1)C(=O)Cc1cccc(Cl)c1. The van der Waals surface area contributed by atoms with E-state index in [0.29, 0.717) is 21.8 Å². The van der Waals surface area contributed by atoms with E-state index in [0.717, 1.165) is 11.1 Å². The largest absolute Gasteiger partial charge is 0.337 e. The zero-order chi connectivity index (χ0) is 17.8. The van der Waals surface area contributed by atoms with Crippen molar-refractivity contribution < 1.29 is 9.32 Å². The number of hydrogen-bond acceptors (Lipinski definition) is 4. The molecule has 0 aliphatic rings. The van der Waals surface area contributed by atoms with Gasteiger partial charge in [-0.15, -0.1) is 0 Å². The van der Waals surface area contributed by atoms with Gasteiger partial charge in [0.05, 0.1) is 13.0 Å². The van der Waals surface area contributed by atoms with Gasteiger partial charge in [-0.05, 0) is 42.0 Å². The minimum atomic E-state index is -0.0616. The van der Waals surface area contributed by atoms with Gasteiger partial charge >= 0.3 is 0 Å². The molecule has 1 heterocycles. The average molecular weight is 376 g/mol. The molecule has 25 heavy (non-hydrogen) atoms. The van der Waals surface area contributed by atoms with Crippen LogP contribution in [0.2, 0.25) is 10.0 Å². The Balaban J connectivity index is 1.63. The van der Waals surface area contributed by atoms with Crippen LogP contribution in [0.4, 0.5) is 0 Å². The molecule has 0 saturated heterocycles. The van der Waals surface area contributed by atoms with Crippen LogP contribution in [0.3, 0.4) is 0 Å². The molecule has 1 amide bonds. The normalized spacial score (nSPS) is 10.7. The number of hydrogen-bond donors (Lipinski definition) is 0. The summed E-state index contributed by atoms with van der Waals surface area (Å²) in [6.07, 6.45) is 0.259. The number of carbonyl (C=O) groups is 1. The second-order valence-corrected chi connectivity index (χ2v) is 6.45. The molecule has 0 N–H and O–H groups in total. The van der Waals surface area contributed by atoms with Gasteiger partial charge in [-0.1, -0.05) is 40.5 Å². The summed E-state index contributed by atoms with van der Waals surface area (Å²) >= 11 is 11.8. The van der Waals surface area contributed by atoms with Crippen molar-refractivity contribution in [2.45, 2.75) is 13.0 Å². The summed E-state index contributed by atoms with van der Waals surface area (Å²) in [4.78, 5) is 18.2. The predicted octanol–water partition coefficient (Wildman–Crippen LogP) is 4.24. The lowest BCUT2D eigenvalue weighted by Gasteiger charge is -2.14. The van der Waals surface area contributed by atoms with Crippen LogP contribution in [0.5, 0.6) is 0 Å². The fraction of sp³-hybridized carbons (Fsp3) is 0.167. The molecule has 128 valence electrons. The predicted molar refractivity (Wildman–Crippen MR) is 96.4 cm³/mol. The highest BCUT2D eigenvalue weighted by molar-refractivity contribution is 6.30. The third kappa shape index (κ3) is 4.59. The van der Waals surface area contributed by atoms with Gasteiger partial charge < -0.3 is 9.42 Å². The molecule has 0 unspecified atom stereocenters. The average Bonchev–Trinajstić information content (AvgIpc) is 3.04. The van der Waals surface area contributed by atoms with E-state index in [9.17, 15) is 4.79 Å². The molecule has 0 bridgehead atoms. The van der Waals surface area contributed by atoms with Crippen LogP contribution < -0.4 is 0 Å². The number of aromatic nitrogens is 2. The van der Waals surface area contributed by atoms with Crippen LogP contribution in [0.15, 0.2) is 53.1 Å². The van der Waals surface area contributed by atoms with Crippen LogP contribution in [-0.2, 0) is 17.8 Å². The fourth-order valence-electron chi connectivity index (χ4n) is 2.28. The second kappa shape index (κ2) is 7.68. The Morgan fingerprint density at radius 1 is 1.12 bits per heavy atom. The van der Waals surface area contributed by atoms with E-state index in [2.05, 4.69) is 10.1 Å². The molecule has 1 aromatic heterocycles. The van der Waals surface area contributed by atoms with Crippen molar-refractivity contribution in [3.63, 3.8) is 0 Å². The zero-order valence-corrected chi connectivity index (χ0v) is 15.0. The smallest absolute Gasteiger partial charge is 0.246 e. The second-order valence-electron chi connectivity index (χ2n) is 5.58. The van der Waals surface area contributed by atoms with E-state index >= 15 is 0 Å². The summed E-state index contributed by atoms with van der Waals surface area (Å²) in [5.41, 5.74) is 1.66. The molecule has 5 nitrogen and oxygen atoms in total. The maximum Gasteiger partial charge on any atom is 0.246 e. The summed E-state index contributed by atoms with van der Waals surface area (Å²) in [5, 5.41) is 5.19. The number of nitrogens with zero attached hydrogens (tertiary/aromatic N) is 3. The molecule has 0 spiro atoms. The highest BCUT2D eigenvalue weighted by Gasteiger charge is 2.15. The minimum absolute atomic E-state index is 0.0616. The fourth-order valence-corrected chi connectivity index (χ4v) is 2.62. The third-order valence-electron chi connectivity index (χ3n) is 3.61. The molecule has 7 heteroatoms. The monoisotopic (exact) mass is 375 g/mol. The van der Waals surface area contributed by atoms with E-state index in [4.69, 9.17) is 27.7 Å². The number of halogens is 2. The van der Waals surface area contributed by atoms with Gasteiger partial charge in [0.15, 0.2) is 0 Å². The first-order valence-corrected chi connectivity index (χ1v) is 8.34. The molecule has 3 rings (SSSR count).